The largest absolute Gasteiger partial charge is 0.489 e. The average molecular weight is 440 g/mol. The standard InChI is InChI=1S/C23H20N8O2/c24-14-17-12-15(4-5-21(17)33-19-7-10-32-11-8-19)20-6-9-25-23(27-20)26-18-3-1-2-16(13-18)22-28-30-31-29-22/h1-6,9,12-13,19H,7-8,10-11H2,(H,25,26,27)(H,28,29,30,31). The van der Waals surface area contributed by atoms with Crippen LogP contribution in [0.4, 0.5) is 11.6 Å². The van der Waals surface area contributed by atoms with Crippen LogP contribution < -0.4 is 10.1 Å². The van der Waals surface area contributed by atoms with Gasteiger partial charge in [-0.2, -0.15) is 5.26 Å². The van der Waals surface area contributed by atoms with Gasteiger partial charge in [-0.05, 0) is 46.8 Å². The highest BCUT2D eigenvalue weighted by Gasteiger charge is 2.17. The molecule has 0 radical (unpaired) electrons. The molecule has 0 atom stereocenters. The molecular weight excluding hydrogens is 420 g/mol. The van der Waals surface area contributed by atoms with Crippen LogP contribution in [0.5, 0.6) is 5.75 Å². The Morgan fingerprint density at radius 2 is 2.00 bits per heavy atom. The number of benzene rings is 2. The second kappa shape index (κ2) is 9.42. The number of anilines is 2. The predicted molar refractivity (Wildman–Crippen MR) is 120 cm³/mol. The van der Waals surface area contributed by atoms with Gasteiger partial charge in [-0.1, -0.05) is 12.1 Å². The molecule has 2 N–H and O–H groups in total. The lowest BCUT2D eigenvalue weighted by atomic mass is 10.1. The summed E-state index contributed by atoms with van der Waals surface area (Å²) in [6.07, 6.45) is 3.38. The molecular formula is C23H20N8O2. The van der Waals surface area contributed by atoms with Crippen molar-refractivity contribution in [3.63, 3.8) is 0 Å². The van der Waals surface area contributed by atoms with Crippen LogP contribution in [-0.2, 0) is 4.74 Å². The van der Waals surface area contributed by atoms with Gasteiger partial charge in [0.15, 0.2) is 5.82 Å². The minimum atomic E-state index is 0.0649. The van der Waals surface area contributed by atoms with E-state index in [2.05, 4.69) is 42.0 Å². The van der Waals surface area contributed by atoms with Crippen molar-refractivity contribution in [2.24, 2.45) is 0 Å². The van der Waals surface area contributed by atoms with E-state index in [-0.39, 0.29) is 6.10 Å². The third-order valence-electron chi connectivity index (χ3n) is 5.25. The smallest absolute Gasteiger partial charge is 0.227 e. The Labute approximate surface area is 189 Å². The normalized spacial score (nSPS) is 13.9. The van der Waals surface area contributed by atoms with Crippen molar-refractivity contribution in [1.82, 2.24) is 30.6 Å². The fourth-order valence-corrected chi connectivity index (χ4v) is 3.59. The van der Waals surface area contributed by atoms with Crippen LogP contribution >= 0.6 is 0 Å². The number of ether oxygens (including phenoxy) is 2. The third-order valence-corrected chi connectivity index (χ3v) is 5.25. The molecule has 5 rings (SSSR count). The Bertz CT molecular complexity index is 1280. The van der Waals surface area contributed by atoms with E-state index >= 15 is 0 Å². The van der Waals surface area contributed by atoms with Crippen molar-refractivity contribution in [3.8, 4) is 34.5 Å². The highest BCUT2D eigenvalue weighted by molar-refractivity contribution is 5.67. The van der Waals surface area contributed by atoms with Crippen molar-refractivity contribution >= 4 is 11.6 Å². The van der Waals surface area contributed by atoms with Crippen molar-refractivity contribution in [1.29, 1.82) is 5.26 Å². The summed E-state index contributed by atoms with van der Waals surface area (Å²) in [5.74, 6) is 1.58. The second-order valence-corrected chi connectivity index (χ2v) is 7.47. The van der Waals surface area contributed by atoms with E-state index < -0.39 is 0 Å². The highest BCUT2D eigenvalue weighted by Crippen LogP contribution is 2.28. The molecule has 10 heteroatoms. The molecule has 1 saturated heterocycles. The monoisotopic (exact) mass is 440 g/mol. The van der Waals surface area contributed by atoms with Crippen LogP contribution in [-0.4, -0.2) is 49.9 Å². The predicted octanol–water partition coefficient (Wildman–Crippen LogP) is 3.50. The van der Waals surface area contributed by atoms with E-state index in [9.17, 15) is 5.26 Å². The summed E-state index contributed by atoms with van der Waals surface area (Å²) in [5, 5.41) is 26.7. The maximum absolute atomic E-state index is 9.66. The number of hydrogen-bond donors (Lipinski definition) is 2. The van der Waals surface area contributed by atoms with E-state index in [1.165, 1.54) is 0 Å². The van der Waals surface area contributed by atoms with E-state index in [1.807, 2.05) is 36.4 Å². The van der Waals surface area contributed by atoms with Crippen molar-refractivity contribution in [2.75, 3.05) is 18.5 Å². The first kappa shape index (κ1) is 20.5. The molecule has 0 amide bonds. The lowest BCUT2D eigenvalue weighted by Crippen LogP contribution is -2.26. The highest BCUT2D eigenvalue weighted by atomic mass is 16.5. The van der Waals surface area contributed by atoms with Gasteiger partial charge in [0, 0.05) is 35.9 Å². The molecule has 0 bridgehead atoms. The molecule has 0 unspecified atom stereocenters. The molecule has 4 aromatic rings. The molecule has 0 aliphatic carbocycles. The fourth-order valence-electron chi connectivity index (χ4n) is 3.59. The van der Waals surface area contributed by atoms with Crippen molar-refractivity contribution in [2.45, 2.75) is 18.9 Å². The van der Waals surface area contributed by atoms with Crippen LogP contribution in [0.1, 0.15) is 18.4 Å². The topological polar surface area (TPSA) is 135 Å². The lowest BCUT2D eigenvalue weighted by Gasteiger charge is -2.23. The first-order chi connectivity index (χ1) is 16.3. The number of nitrogens with zero attached hydrogens (tertiary/aromatic N) is 6. The number of H-pyrrole nitrogens is 1. The Morgan fingerprint density at radius 3 is 2.82 bits per heavy atom. The molecule has 1 aliphatic rings. The van der Waals surface area contributed by atoms with E-state index in [1.54, 1.807) is 18.3 Å². The summed E-state index contributed by atoms with van der Waals surface area (Å²) in [4.78, 5) is 8.93. The summed E-state index contributed by atoms with van der Waals surface area (Å²) in [6.45, 7) is 1.36. The summed E-state index contributed by atoms with van der Waals surface area (Å²) < 4.78 is 11.4. The Kier molecular flexibility index (Phi) is 5.86. The summed E-state index contributed by atoms with van der Waals surface area (Å²) in [6, 6.07) is 17.1. The minimum Gasteiger partial charge on any atom is -0.489 e. The molecule has 1 aliphatic heterocycles. The van der Waals surface area contributed by atoms with Gasteiger partial charge in [-0.15, -0.1) is 5.10 Å². The van der Waals surface area contributed by atoms with E-state index in [0.717, 1.165) is 29.7 Å². The van der Waals surface area contributed by atoms with Crippen LogP contribution in [0.3, 0.4) is 0 Å². The molecule has 2 aromatic heterocycles. The minimum absolute atomic E-state index is 0.0649. The van der Waals surface area contributed by atoms with Crippen LogP contribution in [0.2, 0.25) is 0 Å². The van der Waals surface area contributed by atoms with Gasteiger partial charge < -0.3 is 14.8 Å². The quantitative estimate of drug-likeness (QED) is 0.462. The van der Waals surface area contributed by atoms with Gasteiger partial charge >= 0.3 is 0 Å². The Morgan fingerprint density at radius 1 is 1.09 bits per heavy atom. The maximum atomic E-state index is 9.66. The van der Waals surface area contributed by atoms with Gasteiger partial charge in [-0.3, -0.25) is 0 Å². The number of rotatable bonds is 6. The van der Waals surface area contributed by atoms with Gasteiger partial charge in [0.1, 0.15) is 17.9 Å². The molecule has 0 spiro atoms. The van der Waals surface area contributed by atoms with Crippen LogP contribution in [0.15, 0.2) is 54.7 Å². The van der Waals surface area contributed by atoms with Crippen LogP contribution in [0, 0.1) is 11.3 Å². The first-order valence-electron chi connectivity index (χ1n) is 10.5. The Hall–Kier alpha value is -4.36. The fraction of sp³-hybridized carbons (Fsp3) is 0.217. The number of nitriles is 1. The molecule has 1 fully saturated rings. The van der Waals surface area contributed by atoms with E-state index in [4.69, 9.17) is 9.47 Å². The lowest BCUT2D eigenvalue weighted by molar-refractivity contribution is 0.0254. The molecule has 3 heterocycles. The SMILES string of the molecule is N#Cc1cc(-c2ccnc(Nc3cccc(-c4nnn[nH]4)c3)n2)ccc1OC1CCOCC1. The number of hydrogen-bond acceptors (Lipinski definition) is 9. The number of aromatic amines is 1. The van der Waals surface area contributed by atoms with E-state index in [0.29, 0.717) is 42.0 Å². The third kappa shape index (κ3) is 4.78. The molecule has 2 aromatic carbocycles. The zero-order valence-corrected chi connectivity index (χ0v) is 17.6. The zero-order chi connectivity index (χ0) is 22.5. The zero-order valence-electron chi connectivity index (χ0n) is 17.6. The number of tetrazole rings is 1. The van der Waals surface area contributed by atoms with Gasteiger partial charge in [0.25, 0.3) is 0 Å². The summed E-state index contributed by atoms with van der Waals surface area (Å²) >= 11 is 0. The second-order valence-electron chi connectivity index (χ2n) is 7.47. The molecule has 0 saturated carbocycles. The van der Waals surface area contributed by atoms with Crippen molar-refractivity contribution in [3.05, 3.63) is 60.3 Å². The molecule has 164 valence electrons. The van der Waals surface area contributed by atoms with Gasteiger partial charge in [0.05, 0.1) is 24.5 Å². The number of nitrogens with one attached hydrogen (secondary N) is 2. The number of aromatic nitrogens is 6. The summed E-state index contributed by atoms with van der Waals surface area (Å²) in [5.41, 5.74) is 3.59. The molecule has 10 nitrogen and oxygen atoms in total. The van der Waals surface area contributed by atoms with Gasteiger partial charge in [-0.25, -0.2) is 15.1 Å². The molecule has 33 heavy (non-hydrogen) atoms. The Balaban J connectivity index is 1.36. The first-order valence-corrected chi connectivity index (χ1v) is 10.5. The van der Waals surface area contributed by atoms with Crippen molar-refractivity contribution < 1.29 is 9.47 Å². The van der Waals surface area contributed by atoms with Crippen LogP contribution in [0.25, 0.3) is 22.6 Å². The average Bonchev–Trinajstić information content (AvgIpc) is 3.41. The summed E-state index contributed by atoms with van der Waals surface area (Å²) in [7, 11) is 0. The van der Waals surface area contributed by atoms with Gasteiger partial charge in [0.2, 0.25) is 5.95 Å². The maximum Gasteiger partial charge on any atom is 0.227 e.